The number of amides is 1. The first-order valence-electron chi connectivity index (χ1n) is 5.60. The summed E-state index contributed by atoms with van der Waals surface area (Å²) in [7, 11) is 0. The van der Waals surface area contributed by atoms with E-state index in [9.17, 15) is 4.79 Å². The highest BCUT2D eigenvalue weighted by molar-refractivity contribution is 5.95. The molecule has 1 aliphatic carbocycles. The van der Waals surface area contributed by atoms with Crippen LogP contribution in [-0.2, 0) is 10.2 Å². The summed E-state index contributed by atoms with van der Waals surface area (Å²) in [6.45, 7) is 0. The molecule has 0 radical (unpaired) electrons. The minimum atomic E-state index is -0.417. The maximum Gasteiger partial charge on any atom is 0.228 e. The molecule has 3 nitrogen and oxygen atoms in total. The highest BCUT2D eigenvalue weighted by atomic mass is 16.1. The summed E-state index contributed by atoms with van der Waals surface area (Å²) in [6, 6.07) is 8.05. The molecular formula is C13H14N2O. The van der Waals surface area contributed by atoms with E-state index in [2.05, 4.69) is 4.98 Å². The largest absolute Gasteiger partial charge is 0.369 e. The van der Waals surface area contributed by atoms with Gasteiger partial charge < -0.3 is 10.7 Å². The van der Waals surface area contributed by atoms with E-state index >= 15 is 0 Å². The third-order valence-electron chi connectivity index (χ3n) is 3.78. The minimum absolute atomic E-state index is 0.191. The average molecular weight is 214 g/mol. The van der Waals surface area contributed by atoms with Gasteiger partial charge in [0.2, 0.25) is 5.91 Å². The Kier molecular flexibility index (Phi) is 1.84. The number of H-pyrrole nitrogens is 1. The molecule has 1 heterocycles. The van der Waals surface area contributed by atoms with E-state index in [4.69, 9.17) is 5.73 Å². The van der Waals surface area contributed by atoms with Gasteiger partial charge in [0.05, 0.1) is 5.41 Å². The van der Waals surface area contributed by atoms with Crippen LogP contribution in [0.1, 0.15) is 24.8 Å². The smallest absolute Gasteiger partial charge is 0.228 e. The van der Waals surface area contributed by atoms with Crippen LogP contribution in [0.4, 0.5) is 0 Å². The van der Waals surface area contributed by atoms with E-state index < -0.39 is 5.41 Å². The topological polar surface area (TPSA) is 58.9 Å². The standard InChI is InChI=1S/C13H14N2O/c14-12(16)13(6-3-7-13)10-8-15-11-5-2-1-4-9(10)11/h1-2,4-5,8,15H,3,6-7H2,(H2,14,16). The van der Waals surface area contributed by atoms with Gasteiger partial charge in [-0.2, -0.15) is 0 Å². The predicted molar refractivity (Wildman–Crippen MR) is 63.0 cm³/mol. The fourth-order valence-corrected chi connectivity index (χ4v) is 2.65. The molecule has 3 N–H and O–H groups in total. The van der Waals surface area contributed by atoms with E-state index in [1.165, 1.54) is 0 Å². The molecule has 0 unspecified atom stereocenters. The van der Waals surface area contributed by atoms with Crippen molar-refractivity contribution in [2.75, 3.05) is 0 Å². The molecule has 3 heteroatoms. The number of carbonyl (C=O) groups is 1. The number of hydrogen-bond acceptors (Lipinski definition) is 1. The van der Waals surface area contributed by atoms with Crippen molar-refractivity contribution >= 4 is 16.8 Å². The van der Waals surface area contributed by atoms with Crippen molar-refractivity contribution in [1.29, 1.82) is 0 Å². The summed E-state index contributed by atoms with van der Waals surface area (Å²) in [5.74, 6) is -0.191. The molecule has 0 bridgehead atoms. The van der Waals surface area contributed by atoms with E-state index in [1.54, 1.807) is 0 Å². The quantitative estimate of drug-likeness (QED) is 0.790. The molecule has 0 saturated heterocycles. The number of nitrogens with two attached hydrogens (primary N) is 1. The van der Waals surface area contributed by atoms with Gasteiger partial charge in [-0.3, -0.25) is 4.79 Å². The molecule has 0 atom stereocenters. The lowest BCUT2D eigenvalue weighted by Gasteiger charge is -2.38. The molecular weight excluding hydrogens is 200 g/mol. The first-order valence-corrected chi connectivity index (χ1v) is 5.60. The van der Waals surface area contributed by atoms with Crippen molar-refractivity contribution in [3.05, 3.63) is 36.0 Å². The Morgan fingerprint density at radius 3 is 2.69 bits per heavy atom. The number of para-hydroxylation sites is 1. The molecule has 82 valence electrons. The molecule has 3 rings (SSSR count). The van der Waals surface area contributed by atoms with E-state index in [1.807, 2.05) is 30.5 Å². The zero-order valence-electron chi connectivity index (χ0n) is 8.99. The zero-order chi connectivity index (χ0) is 11.2. The molecule has 0 spiro atoms. The number of primary amides is 1. The molecule has 1 aromatic carbocycles. The van der Waals surface area contributed by atoms with Crippen LogP contribution in [0.25, 0.3) is 10.9 Å². The number of nitrogens with one attached hydrogen (secondary N) is 1. The van der Waals surface area contributed by atoms with Gasteiger partial charge in [-0.25, -0.2) is 0 Å². The average Bonchev–Trinajstić information content (AvgIpc) is 2.61. The van der Waals surface area contributed by atoms with Crippen molar-refractivity contribution < 1.29 is 4.79 Å². The van der Waals surface area contributed by atoms with Crippen LogP contribution in [0.2, 0.25) is 0 Å². The lowest BCUT2D eigenvalue weighted by atomic mass is 9.64. The highest BCUT2D eigenvalue weighted by Gasteiger charge is 2.45. The number of aromatic amines is 1. The van der Waals surface area contributed by atoms with Crippen LogP contribution in [0.3, 0.4) is 0 Å². The number of fused-ring (bicyclic) bond motifs is 1. The van der Waals surface area contributed by atoms with E-state index in [0.29, 0.717) is 0 Å². The van der Waals surface area contributed by atoms with Gasteiger partial charge in [0.25, 0.3) is 0 Å². The second-order valence-corrected chi connectivity index (χ2v) is 4.55. The second-order valence-electron chi connectivity index (χ2n) is 4.55. The molecule has 1 amide bonds. The van der Waals surface area contributed by atoms with Gasteiger partial charge in [0.1, 0.15) is 0 Å². The Morgan fingerprint density at radius 1 is 1.31 bits per heavy atom. The minimum Gasteiger partial charge on any atom is -0.369 e. The molecule has 2 aromatic rings. The molecule has 1 aliphatic rings. The fourth-order valence-electron chi connectivity index (χ4n) is 2.65. The van der Waals surface area contributed by atoms with Crippen LogP contribution in [-0.4, -0.2) is 10.9 Å². The Bertz CT molecular complexity index is 552. The summed E-state index contributed by atoms with van der Waals surface area (Å²) in [5.41, 5.74) is 7.29. The third kappa shape index (κ3) is 1.06. The van der Waals surface area contributed by atoms with E-state index in [-0.39, 0.29) is 5.91 Å². The van der Waals surface area contributed by atoms with Crippen LogP contribution in [0.5, 0.6) is 0 Å². The Hall–Kier alpha value is -1.77. The number of aromatic nitrogens is 1. The van der Waals surface area contributed by atoms with Crippen LogP contribution in [0.15, 0.2) is 30.5 Å². The summed E-state index contributed by atoms with van der Waals surface area (Å²) in [5, 5.41) is 1.13. The van der Waals surface area contributed by atoms with Gasteiger partial charge in [-0.15, -0.1) is 0 Å². The first-order chi connectivity index (χ1) is 7.74. The molecule has 1 fully saturated rings. The van der Waals surface area contributed by atoms with Crippen molar-refractivity contribution in [3.63, 3.8) is 0 Å². The maximum absolute atomic E-state index is 11.7. The summed E-state index contributed by atoms with van der Waals surface area (Å²) in [4.78, 5) is 14.9. The molecule has 1 aromatic heterocycles. The van der Waals surface area contributed by atoms with Crippen LogP contribution >= 0.6 is 0 Å². The lowest BCUT2D eigenvalue weighted by Crippen LogP contribution is -2.46. The van der Waals surface area contributed by atoms with Crippen molar-refractivity contribution in [1.82, 2.24) is 4.98 Å². The lowest BCUT2D eigenvalue weighted by molar-refractivity contribution is -0.126. The fraction of sp³-hybridized carbons (Fsp3) is 0.308. The van der Waals surface area contributed by atoms with Crippen LogP contribution < -0.4 is 5.73 Å². The first kappa shape index (κ1) is 9.46. The summed E-state index contributed by atoms with van der Waals surface area (Å²) in [6.07, 6.45) is 4.78. The number of carbonyl (C=O) groups excluding carboxylic acids is 1. The number of rotatable bonds is 2. The zero-order valence-corrected chi connectivity index (χ0v) is 8.99. The summed E-state index contributed by atoms with van der Waals surface area (Å²) < 4.78 is 0. The highest BCUT2D eigenvalue weighted by Crippen LogP contribution is 2.45. The Morgan fingerprint density at radius 2 is 2.06 bits per heavy atom. The number of hydrogen-bond donors (Lipinski definition) is 2. The van der Waals surface area contributed by atoms with E-state index in [0.717, 1.165) is 35.7 Å². The van der Waals surface area contributed by atoms with Crippen LogP contribution in [0, 0.1) is 0 Å². The van der Waals surface area contributed by atoms with Gasteiger partial charge >= 0.3 is 0 Å². The second kappa shape index (κ2) is 3.11. The Labute approximate surface area is 93.6 Å². The van der Waals surface area contributed by atoms with Gasteiger partial charge in [0, 0.05) is 17.1 Å². The monoisotopic (exact) mass is 214 g/mol. The normalized spacial score (nSPS) is 18.2. The van der Waals surface area contributed by atoms with Crippen molar-refractivity contribution in [2.45, 2.75) is 24.7 Å². The van der Waals surface area contributed by atoms with Crippen molar-refractivity contribution in [3.8, 4) is 0 Å². The SMILES string of the molecule is NC(=O)C1(c2c[nH]c3ccccc23)CCC1. The van der Waals surface area contributed by atoms with Gasteiger partial charge in [0.15, 0.2) is 0 Å². The Balaban J connectivity index is 2.22. The molecule has 1 saturated carbocycles. The maximum atomic E-state index is 11.7. The van der Waals surface area contributed by atoms with Gasteiger partial charge in [-0.1, -0.05) is 24.6 Å². The number of benzene rings is 1. The van der Waals surface area contributed by atoms with Crippen molar-refractivity contribution in [2.24, 2.45) is 5.73 Å². The summed E-state index contributed by atoms with van der Waals surface area (Å²) >= 11 is 0. The molecule has 0 aliphatic heterocycles. The predicted octanol–water partition coefficient (Wildman–Crippen LogP) is 2.07. The molecule has 16 heavy (non-hydrogen) atoms. The van der Waals surface area contributed by atoms with Gasteiger partial charge in [-0.05, 0) is 24.5 Å². The third-order valence-corrected chi connectivity index (χ3v) is 3.78.